The van der Waals surface area contributed by atoms with Crippen molar-refractivity contribution in [1.29, 1.82) is 5.26 Å². The normalized spacial score (nSPS) is 13.9. The molecular formula is C24H24ClN3O6. The first kappa shape index (κ1) is 24.9. The second kappa shape index (κ2) is 10.9. The van der Waals surface area contributed by atoms with Gasteiger partial charge in [-0.1, -0.05) is 23.7 Å². The van der Waals surface area contributed by atoms with Gasteiger partial charge in [0.25, 0.3) is 11.8 Å². The number of ether oxygens (including phenoxy) is 3. The van der Waals surface area contributed by atoms with Gasteiger partial charge >= 0.3 is 5.97 Å². The lowest BCUT2D eigenvalue weighted by atomic mass is 10.00. The first-order valence-electron chi connectivity index (χ1n) is 10.5. The number of rotatable bonds is 8. The van der Waals surface area contributed by atoms with E-state index in [1.54, 1.807) is 18.2 Å². The molecule has 2 aromatic rings. The van der Waals surface area contributed by atoms with Crippen LogP contribution < -0.4 is 20.1 Å². The van der Waals surface area contributed by atoms with Crippen LogP contribution in [0.25, 0.3) is 0 Å². The molecule has 0 aromatic heterocycles. The molecule has 3 rings (SSSR count). The van der Waals surface area contributed by atoms with Gasteiger partial charge in [-0.2, -0.15) is 5.26 Å². The van der Waals surface area contributed by atoms with E-state index in [2.05, 4.69) is 16.7 Å². The lowest BCUT2D eigenvalue weighted by molar-refractivity contribution is -0.125. The molecule has 0 atom stereocenters. The third-order valence-corrected chi connectivity index (χ3v) is 5.82. The molecule has 34 heavy (non-hydrogen) atoms. The lowest BCUT2D eigenvalue weighted by Crippen LogP contribution is -2.46. The van der Waals surface area contributed by atoms with Crippen LogP contribution in [0.1, 0.15) is 46.4 Å². The van der Waals surface area contributed by atoms with Crippen molar-refractivity contribution >= 4 is 35.1 Å². The Morgan fingerprint density at radius 1 is 1.06 bits per heavy atom. The number of carbonyl (C=O) groups excluding carboxylic acids is 3. The van der Waals surface area contributed by atoms with E-state index in [4.69, 9.17) is 25.8 Å². The molecular weight excluding hydrogens is 462 g/mol. The summed E-state index contributed by atoms with van der Waals surface area (Å²) in [5.41, 5.74) is -0.698. The van der Waals surface area contributed by atoms with E-state index in [1.807, 2.05) is 0 Å². The fourth-order valence-corrected chi connectivity index (χ4v) is 3.96. The Kier molecular flexibility index (Phi) is 7.97. The molecule has 1 fully saturated rings. The Morgan fingerprint density at radius 2 is 1.71 bits per heavy atom. The standard InChI is InChI=1S/C24H24ClN3O6/c1-32-19-11-16(23(31)34-13-21(29)28-24(14-26)9-5-6-10-24)18(12-20(19)33-2)27-22(30)15-7-3-4-8-17(15)25/h3-4,7-8,11-12H,5-6,9-10,13H2,1-2H3,(H,27,30)(H,28,29). The SMILES string of the molecule is COc1cc(NC(=O)c2ccccc2Cl)c(C(=O)OCC(=O)NC2(C#N)CCCC2)cc1OC. The van der Waals surface area contributed by atoms with Crippen molar-refractivity contribution in [2.75, 3.05) is 26.1 Å². The summed E-state index contributed by atoms with van der Waals surface area (Å²) in [4.78, 5) is 38.0. The van der Waals surface area contributed by atoms with Crippen molar-refractivity contribution in [2.45, 2.75) is 31.2 Å². The molecule has 2 N–H and O–H groups in total. The maximum absolute atomic E-state index is 12.9. The van der Waals surface area contributed by atoms with Gasteiger partial charge < -0.3 is 24.8 Å². The quantitative estimate of drug-likeness (QED) is 0.545. The molecule has 0 spiro atoms. The molecule has 0 heterocycles. The van der Waals surface area contributed by atoms with Crippen molar-refractivity contribution in [2.24, 2.45) is 0 Å². The lowest BCUT2D eigenvalue weighted by Gasteiger charge is -2.22. The van der Waals surface area contributed by atoms with Crippen LogP contribution in [0, 0.1) is 11.3 Å². The maximum Gasteiger partial charge on any atom is 0.340 e. The highest BCUT2D eigenvalue weighted by molar-refractivity contribution is 6.34. The van der Waals surface area contributed by atoms with Gasteiger partial charge in [0.1, 0.15) is 5.54 Å². The van der Waals surface area contributed by atoms with Crippen molar-refractivity contribution in [3.63, 3.8) is 0 Å². The average molecular weight is 486 g/mol. The predicted molar refractivity (Wildman–Crippen MR) is 124 cm³/mol. The minimum Gasteiger partial charge on any atom is -0.493 e. The van der Waals surface area contributed by atoms with Gasteiger partial charge in [-0.05, 0) is 37.8 Å². The summed E-state index contributed by atoms with van der Waals surface area (Å²) in [6.45, 7) is -0.589. The fraction of sp³-hybridized carbons (Fsp3) is 0.333. The Labute approximate surface area is 201 Å². The Hall–Kier alpha value is -3.77. The molecule has 0 saturated heterocycles. The number of hydrogen-bond acceptors (Lipinski definition) is 7. The van der Waals surface area contributed by atoms with Gasteiger partial charge in [0.2, 0.25) is 0 Å². The number of halogens is 1. The number of esters is 1. The van der Waals surface area contributed by atoms with Crippen LogP contribution in [-0.4, -0.2) is 44.1 Å². The third kappa shape index (κ3) is 5.58. The predicted octanol–water partition coefficient (Wildman–Crippen LogP) is 3.72. The van der Waals surface area contributed by atoms with Crippen LogP contribution >= 0.6 is 11.6 Å². The molecule has 1 aliphatic rings. The zero-order valence-corrected chi connectivity index (χ0v) is 19.5. The second-order valence-electron chi connectivity index (χ2n) is 7.71. The van der Waals surface area contributed by atoms with Crippen molar-refractivity contribution in [3.05, 3.63) is 52.5 Å². The molecule has 178 valence electrons. The van der Waals surface area contributed by atoms with Crippen LogP contribution in [0.3, 0.4) is 0 Å². The maximum atomic E-state index is 12.9. The highest BCUT2D eigenvalue weighted by atomic mass is 35.5. The van der Waals surface area contributed by atoms with Gasteiger partial charge in [-0.25, -0.2) is 4.79 Å². The number of benzene rings is 2. The van der Waals surface area contributed by atoms with Gasteiger partial charge in [-0.3, -0.25) is 9.59 Å². The summed E-state index contributed by atoms with van der Waals surface area (Å²) in [7, 11) is 2.80. The number of nitrogens with one attached hydrogen (secondary N) is 2. The fourth-order valence-electron chi connectivity index (χ4n) is 3.74. The Bertz CT molecular complexity index is 1140. The average Bonchev–Trinajstić information content (AvgIpc) is 3.31. The number of anilines is 1. The summed E-state index contributed by atoms with van der Waals surface area (Å²) in [6, 6.07) is 11.3. The number of nitriles is 1. The largest absolute Gasteiger partial charge is 0.493 e. The third-order valence-electron chi connectivity index (χ3n) is 5.49. The number of amides is 2. The first-order chi connectivity index (χ1) is 16.3. The Balaban J connectivity index is 1.80. The first-order valence-corrected chi connectivity index (χ1v) is 10.9. The molecule has 2 amide bonds. The molecule has 1 saturated carbocycles. The molecule has 9 nitrogen and oxygen atoms in total. The van der Waals surface area contributed by atoms with E-state index in [-0.39, 0.29) is 33.3 Å². The summed E-state index contributed by atoms with van der Waals surface area (Å²) >= 11 is 6.11. The summed E-state index contributed by atoms with van der Waals surface area (Å²) in [5, 5.41) is 14.9. The van der Waals surface area contributed by atoms with Gasteiger partial charge in [0.15, 0.2) is 18.1 Å². The summed E-state index contributed by atoms with van der Waals surface area (Å²) in [6.07, 6.45) is 2.79. The smallest absolute Gasteiger partial charge is 0.340 e. The molecule has 0 bridgehead atoms. The van der Waals surface area contributed by atoms with E-state index in [9.17, 15) is 19.6 Å². The number of methoxy groups -OCH3 is 2. The molecule has 0 unspecified atom stereocenters. The van der Waals surface area contributed by atoms with E-state index < -0.39 is 29.9 Å². The minimum atomic E-state index is -0.930. The van der Waals surface area contributed by atoms with E-state index in [0.29, 0.717) is 12.8 Å². The number of hydrogen-bond donors (Lipinski definition) is 2. The number of carbonyl (C=O) groups is 3. The van der Waals surface area contributed by atoms with Gasteiger partial charge in [0, 0.05) is 12.1 Å². The van der Waals surface area contributed by atoms with E-state index in [0.717, 1.165) is 12.8 Å². The topological polar surface area (TPSA) is 127 Å². The number of nitrogens with zero attached hydrogens (tertiary/aromatic N) is 1. The highest BCUT2D eigenvalue weighted by Crippen LogP contribution is 2.34. The van der Waals surface area contributed by atoms with Crippen molar-refractivity contribution in [3.8, 4) is 17.6 Å². The van der Waals surface area contributed by atoms with E-state index in [1.165, 1.54) is 32.4 Å². The van der Waals surface area contributed by atoms with Crippen molar-refractivity contribution < 1.29 is 28.6 Å². The van der Waals surface area contributed by atoms with Crippen LogP contribution in [0.2, 0.25) is 5.02 Å². The molecule has 1 aliphatic carbocycles. The minimum absolute atomic E-state index is 0.0540. The zero-order valence-electron chi connectivity index (χ0n) is 18.8. The zero-order chi connectivity index (χ0) is 24.7. The summed E-state index contributed by atoms with van der Waals surface area (Å²) < 4.78 is 15.7. The Morgan fingerprint density at radius 3 is 2.32 bits per heavy atom. The van der Waals surface area contributed by atoms with E-state index >= 15 is 0 Å². The molecule has 10 heteroatoms. The van der Waals surface area contributed by atoms with Crippen LogP contribution in [0.15, 0.2) is 36.4 Å². The molecule has 0 radical (unpaired) electrons. The summed E-state index contributed by atoms with van der Waals surface area (Å²) in [5.74, 6) is -1.52. The van der Waals surface area contributed by atoms with Crippen LogP contribution in [0.5, 0.6) is 11.5 Å². The van der Waals surface area contributed by atoms with Crippen LogP contribution in [0.4, 0.5) is 5.69 Å². The van der Waals surface area contributed by atoms with Gasteiger partial charge in [-0.15, -0.1) is 0 Å². The monoisotopic (exact) mass is 485 g/mol. The van der Waals surface area contributed by atoms with Crippen molar-refractivity contribution in [1.82, 2.24) is 5.32 Å². The second-order valence-corrected chi connectivity index (χ2v) is 8.12. The van der Waals surface area contributed by atoms with Gasteiger partial charge in [0.05, 0.1) is 42.1 Å². The molecule has 2 aromatic carbocycles. The molecule has 0 aliphatic heterocycles. The van der Waals surface area contributed by atoms with Crippen LogP contribution in [-0.2, 0) is 9.53 Å². The highest BCUT2D eigenvalue weighted by Gasteiger charge is 2.35.